The van der Waals surface area contributed by atoms with E-state index in [0.29, 0.717) is 12.2 Å². The van der Waals surface area contributed by atoms with Crippen molar-refractivity contribution in [2.75, 3.05) is 13.2 Å². The third-order valence-corrected chi connectivity index (χ3v) is 7.60. The van der Waals surface area contributed by atoms with Crippen LogP contribution in [-0.4, -0.2) is 37.0 Å². The molecule has 1 saturated heterocycles. The van der Waals surface area contributed by atoms with Crippen LogP contribution >= 0.6 is 0 Å². The highest BCUT2D eigenvalue weighted by atomic mass is 32.2. The zero-order valence-electron chi connectivity index (χ0n) is 17.5. The maximum atomic E-state index is 14.4. The minimum atomic E-state index is -4.18. The van der Waals surface area contributed by atoms with E-state index in [2.05, 4.69) is 4.98 Å². The molecule has 1 fully saturated rings. The Morgan fingerprint density at radius 2 is 1.90 bits per heavy atom. The van der Waals surface area contributed by atoms with Gasteiger partial charge in [0.2, 0.25) is 10.0 Å². The first-order valence-electron chi connectivity index (χ1n) is 10.3. The lowest BCUT2D eigenvalue weighted by molar-refractivity contribution is 0.0924. The van der Waals surface area contributed by atoms with Gasteiger partial charge in [0.25, 0.3) is 5.56 Å². The number of pyridine rings is 1. The predicted octanol–water partition coefficient (Wildman–Crippen LogP) is 3.65. The molecule has 0 radical (unpaired) electrons. The van der Waals surface area contributed by atoms with Crippen molar-refractivity contribution >= 4 is 20.9 Å². The Morgan fingerprint density at radius 3 is 2.61 bits per heavy atom. The third-order valence-electron chi connectivity index (χ3n) is 5.75. The first-order chi connectivity index (χ1) is 14.8. The van der Waals surface area contributed by atoms with Crippen LogP contribution in [0.2, 0.25) is 0 Å². The first kappa shape index (κ1) is 21.7. The number of aromatic amines is 1. The van der Waals surface area contributed by atoms with Crippen molar-refractivity contribution in [3.8, 4) is 0 Å². The highest BCUT2D eigenvalue weighted by Gasteiger charge is 2.31. The zero-order valence-corrected chi connectivity index (χ0v) is 18.3. The molecule has 31 heavy (non-hydrogen) atoms. The van der Waals surface area contributed by atoms with E-state index in [1.54, 1.807) is 6.07 Å². The number of rotatable bonds is 6. The van der Waals surface area contributed by atoms with Crippen LogP contribution in [0.5, 0.6) is 0 Å². The molecule has 0 bridgehead atoms. The fourth-order valence-electron chi connectivity index (χ4n) is 3.98. The van der Waals surface area contributed by atoms with Crippen LogP contribution < -0.4 is 5.56 Å². The summed E-state index contributed by atoms with van der Waals surface area (Å²) in [5.74, 6) is -0.821. The second kappa shape index (κ2) is 8.53. The van der Waals surface area contributed by atoms with E-state index in [4.69, 9.17) is 4.74 Å². The smallest absolute Gasteiger partial charge is 0.252 e. The van der Waals surface area contributed by atoms with Gasteiger partial charge in [-0.1, -0.05) is 24.3 Å². The Labute approximate surface area is 180 Å². The summed E-state index contributed by atoms with van der Waals surface area (Å²) in [5, 5.41) is 0.856. The molecule has 0 amide bonds. The van der Waals surface area contributed by atoms with Gasteiger partial charge in [-0.05, 0) is 56.0 Å². The fraction of sp³-hybridized carbons (Fsp3) is 0.348. The molecule has 0 unspecified atom stereocenters. The monoisotopic (exact) mass is 444 g/mol. The highest BCUT2D eigenvalue weighted by Crippen LogP contribution is 2.25. The van der Waals surface area contributed by atoms with Crippen molar-refractivity contribution in [3.05, 3.63) is 75.3 Å². The number of H-pyrrole nitrogens is 1. The van der Waals surface area contributed by atoms with Crippen LogP contribution in [-0.2, 0) is 21.3 Å². The number of hydrogen-bond donors (Lipinski definition) is 1. The topological polar surface area (TPSA) is 79.5 Å². The number of ether oxygens (including phenoxy) is 1. The largest absolute Gasteiger partial charge is 0.377 e. The summed E-state index contributed by atoms with van der Waals surface area (Å²) < 4.78 is 47.9. The quantitative estimate of drug-likeness (QED) is 0.629. The van der Waals surface area contributed by atoms with Crippen LogP contribution in [0.3, 0.4) is 0 Å². The number of fused-ring (bicyclic) bond motifs is 1. The van der Waals surface area contributed by atoms with Crippen LogP contribution in [0.25, 0.3) is 10.9 Å². The third kappa shape index (κ3) is 4.28. The van der Waals surface area contributed by atoms with Gasteiger partial charge in [0.05, 0.1) is 11.6 Å². The van der Waals surface area contributed by atoms with E-state index in [9.17, 15) is 17.6 Å². The molecule has 1 aromatic heterocycles. The van der Waals surface area contributed by atoms with Crippen LogP contribution in [0.4, 0.5) is 4.39 Å². The summed E-state index contributed by atoms with van der Waals surface area (Å²) in [7, 11) is -4.18. The number of sulfonamides is 1. The second-order valence-corrected chi connectivity index (χ2v) is 9.88. The van der Waals surface area contributed by atoms with Gasteiger partial charge in [0.15, 0.2) is 0 Å². The summed E-state index contributed by atoms with van der Waals surface area (Å²) in [6, 6.07) is 10.9. The Kier molecular flexibility index (Phi) is 5.96. The number of aromatic nitrogens is 1. The van der Waals surface area contributed by atoms with Gasteiger partial charge in [-0.25, -0.2) is 12.8 Å². The molecule has 1 aliphatic heterocycles. The van der Waals surface area contributed by atoms with Crippen LogP contribution in [0.1, 0.15) is 29.5 Å². The van der Waals surface area contributed by atoms with Gasteiger partial charge in [-0.3, -0.25) is 4.79 Å². The number of benzene rings is 2. The molecular weight excluding hydrogens is 419 g/mol. The number of halogens is 1. The molecule has 8 heteroatoms. The SMILES string of the molecule is Cc1ccc(C)c2[nH]c(=O)c(CN(C[C@H]3CCCO3)S(=O)(=O)c3ccccc3F)cc12. The van der Waals surface area contributed by atoms with Crippen molar-refractivity contribution in [3.63, 3.8) is 0 Å². The van der Waals surface area contributed by atoms with Crippen molar-refractivity contribution in [2.24, 2.45) is 0 Å². The minimum absolute atomic E-state index is 0.0565. The summed E-state index contributed by atoms with van der Waals surface area (Å²) >= 11 is 0. The first-order valence-corrected chi connectivity index (χ1v) is 11.7. The van der Waals surface area contributed by atoms with Gasteiger partial charge < -0.3 is 9.72 Å². The molecule has 1 N–H and O–H groups in total. The van der Waals surface area contributed by atoms with E-state index in [0.717, 1.165) is 45.2 Å². The van der Waals surface area contributed by atoms with Gasteiger partial charge in [-0.2, -0.15) is 4.31 Å². The molecule has 0 spiro atoms. The van der Waals surface area contributed by atoms with Crippen molar-refractivity contribution in [1.29, 1.82) is 0 Å². The summed E-state index contributed by atoms with van der Waals surface area (Å²) in [6.07, 6.45) is 1.27. The Bertz CT molecular complexity index is 1280. The normalized spacial score (nSPS) is 17.0. The molecule has 2 aromatic carbocycles. The van der Waals surface area contributed by atoms with E-state index >= 15 is 0 Å². The minimum Gasteiger partial charge on any atom is -0.377 e. The predicted molar refractivity (Wildman–Crippen MR) is 117 cm³/mol. The van der Waals surface area contributed by atoms with Gasteiger partial charge >= 0.3 is 0 Å². The molecule has 6 nitrogen and oxygen atoms in total. The van der Waals surface area contributed by atoms with Crippen LogP contribution in [0, 0.1) is 19.7 Å². The zero-order chi connectivity index (χ0) is 22.2. The van der Waals surface area contributed by atoms with Crippen LogP contribution in [0.15, 0.2) is 52.2 Å². The van der Waals surface area contributed by atoms with Gasteiger partial charge in [-0.15, -0.1) is 0 Å². The lowest BCUT2D eigenvalue weighted by Crippen LogP contribution is -2.38. The van der Waals surface area contributed by atoms with Crippen molar-refractivity contribution < 1.29 is 17.5 Å². The van der Waals surface area contributed by atoms with Crippen molar-refractivity contribution in [1.82, 2.24) is 9.29 Å². The van der Waals surface area contributed by atoms with Crippen molar-refractivity contribution in [2.45, 2.75) is 44.2 Å². The van der Waals surface area contributed by atoms with E-state index < -0.39 is 20.7 Å². The Hall–Kier alpha value is -2.55. The summed E-state index contributed by atoms with van der Waals surface area (Å²) in [4.78, 5) is 15.3. The standard InChI is InChI=1S/C23H25FN2O4S/c1-15-9-10-16(2)22-19(15)12-17(23(27)25-22)13-26(14-18-6-5-11-30-18)31(28,29)21-8-4-3-7-20(21)24/h3-4,7-10,12,18H,5-6,11,13-14H2,1-2H3,(H,25,27)/t18-/m1/s1. The van der Waals surface area contributed by atoms with E-state index in [1.807, 2.05) is 26.0 Å². The lowest BCUT2D eigenvalue weighted by atomic mass is 10.0. The average Bonchev–Trinajstić information content (AvgIpc) is 3.24. The fourth-order valence-corrected chi connectivity index (χ4v) is 5.50. The number of nitrogens with one attached hydrogen (secondary N) is 1. The lowest BCUT2D eigenvalue weighted by Gasteiger charge is -2.25. The number of hydrogen-bond acceptors (Lipinski definition) is 4. The molecule has 0 aliphatic carbocycles. The molecule has 4 rings (SSSR count). The average molecular weight is 445 g/mol. The molecule has 3 aromatic rings. The Balaban J connectivity index is 1.78. The Morgan fingerprint density at radius 1 is 1.16 bits per heavy atom. The highest BCUT2D eigenvalue weighted by molar-refractivity contribution is 7.89. The van der Waals surface area contributed by atoms with E-state index in [-0.39, 0.29) is 24.8 Å². The summed E-state index contributed by atoms with van der Waals surface area (Å²) in [6.45, 7) is 4.29. The number of nitrogens with zero attached hydrogens (tertiary/aromatic N) is 1. The van der Waals surface area contributed by atoms with Gasteiger partial charge in [0, 0.05) is 30.6 Å². The molecule has 1 atom stereocenters. The van der Waals surface area contributed by atoms with E-state index in [1.165, 1.54) is 18.2 Å². The second-order valence-electron chi connectivity index (χ2n) is 7.97. The molecule has 1 aliphatic rings. The number of aryl methyl sites for hydroxylation is 2. The maximum absolute atomic E-state index is 14.4. The van der Waals surface area contributed by atoms with Gasteiger partial charge in [0.1, 0.15) is 10.7 Å². The summed E-state index contributed by atoms with van der Waals surface area (Å²) in [5.41, 5.74) is 2.58. The maximum Gasteiger partial charge on any atom is 0.252 e. The molecule has 0 saturated carbocycles. The molecule has 2 heterocycles. The molecular formula is C23H25FN2O4S. The molecule has 164 valence electrons.